The average Bonchev–Trinajstić information content (AvgIpc) is 3.18. The van der Waals surface area contributed by atoms with E-state index in [2.05, 4.69) is 5.16 Å². The molecule has 0 aromatic heterocycles. The SMILES string of the molecule is N/C(=N/O)c1cc(OCC2CC2)ccc1C(F)(F)F. The van der Waals surface area contributed by atoms with E-state index in [-0.39, 0.29) is 11.3 Å². The smallest absolute Gasteiger partial charge is 0.417 e. The van der Waals surface area contributed by atoms with Crippen molar-refractivity contribution in [1.29, 1.82) is 0 Å². The minimum Gasteiger partial charge on any atom is -0.493 e. The van der Waals surface area contributed by atoms with Crippen LogP contribution in [0.25, 0.3) is 0 Å². The number of benzene rings is 1. The molecule has 1 aliphatic carbocycles. The lowest BCUT2D eigenvalue weighted by atomic mass is 10.1. The number of ether oxygens (including phenoxy) is 1. The van der Waals surface area contributed by atoms with E-state index in [0.717, 1.165) is 25.0 Å². The summed E-state index contributed by atoms with van der Waals surface area (Å²) in [5.74, 6) is 0.167. The van der Waals surface area contributed by atoms with Gasteiger partial charge < -0.3 is 15.7 Å². The lowest BCUT2D eigenvalue weighted by molar-refractivity contribution is -0.137. The molecule has 0 radical (unpaired) electrons. The summed E-state index contributed by atoms with van der Waals surface area (Å²) in [6, 6.07) is 3.25. The van der Waals surface area contributed by atoms with Gasteiger partial charge in [-0.05, 0) is 37.0 Å². The third kappa shape index (κ3) is 3.30. The zero-order chi connectivity index (χ0) is 14.0. The van der Waals surface area contributed by atoms with Gasteiger partial charge in [0.2, 0.25) is 0 Å². The Labute approximate surface area is 107 Å². The van der Waals surface area contributed by atoms with Gasteiger partial charge in [0.05, 0.1) is 12.2 Å². The van der Waals surface area contributed by atoms with Gasteiger partial charge in [-0.3, -0.25) is 0 Å². The summed E-state index contributed by atoms with van der Waals surface area (Å²) in [7, 11) is 0. The Hall–Kier alpha value is -1.92. The van der Waals surface area contributed by atoms with E-state index in [0.29, 0.717) is 12.5 Å². The van der Waals surface area contributed by atoms with Crippen LogP contribution in [-0.4, -0.2) is 17.6 Å². The summed E-state index contributed by atoms with van der Waals surface area (Å²) in [6.45, 7) is 0.473. The molecule has 0 heterocycles. The Balaban J connectivity index is 2.29. The molecule has 0 unspecified atom stereocenters. The minimum atomic E-state index is -4.57. The summed E-state index contributed by atoms with van der Waals surface area (Å²) < 4.78 is 43.7. The molecule has 0 amide bonds. The molecule has 1 aromatic rings. The van der Waals surface area contributed by atoms with Gasteiger partial charge in [0.25, 0.3) is 0 Å². The van der Waals surface area contributed by atoms with Crippen LogP contribution in [0, 0.1) is 5.92 Å². The molecule has 1 aliphatic rings. The van der Waals surface area contributed by atoms with E-state index in [1.807, 2.05) is 0 Å². The van der Waals surface area contributed by atoms with Crippen molar-refractivity contribution in [2.45, 2.75) is 19.0 Å². The van der Waals surface area contributed by atoms with Gasteiger partial charge in [0, 0.05) is 5.56 Å². The Bertz CT molecular complexity index is 496. The molecule has 1 saturated carbocycles. The molecular formula is C12H13F3N2O2. The number of amidine groups is 1. The molecule has 0 spiro atoms. The van der Waals surface area contributed by atoms with E-state index in [4.69, 9.17) is 15.7 Å². The summed E-state index contributed by atoms with van der Waals surface area (Å²) in [5, 5.41) is 11.2. The molecule has 1 fully saturated rings. The van der Waals surface area contributed by atoms with Crippen LogP contribution in [0.2, 0.25) is 0 Å². The lowest BCUT2D eigenvalue weighted by Crippen LogP contribution is -2.20. The highest BCUT2D eigenvalue weighted by Crippen LogP contribution is 2.34. The minimum absolute atomic E-state index is 0.279. The van der Waals surface area contributed by atoms with Crippen molar-refractivity contribution in [3.8, 4) is 5.75 Å². The number of nitrogens with zero attached hydrogens (tertiary/aromatic N) is 1. The van der Waals surface area contributed by atoms with Gasteiger partial charge in [-0.25, -0.2) is 0 Å². The maximum atomic E-state index is 12.8. The summed E-state index contributed by atoms with van der Waals surface area (Å²) in [5.41, 5.74) is 3.93. The molecule has 2 rings (SSSR count). The number of alkyl halides is 3. The molecule has 104 valence electrons. The molecule has 3 N–H and O–H groups in total. The number of rotatable bonds is 4. The van der Waals surface area contributed by atoms with Gasteiger partial charge >= 0.3 is 6.18 Å². The van der Waals surface area contributed by atoms with E-state index in [9.17, 15) is 13.2 Å². The number of hydrogen-bond acceptors (Lipinski definition) is 3. The maximum Gasteiger partial charge on any atom is 0.417 e. The van der Waals surface area contributed by atoms with Gasteiger partial charge in [0.1, 0.15) is 5.75 Å². The van der Waals surface area contributed by atoms with E-state index in [1.54, 1.807) is 0 Å². The first kappa shape index (κ1) is 13.5. The van der Waals surface area contributed by atoms with Crippen molar-refractivity contribution in [2.75, 3.05) is 6.61 Å². The maximum absolute atomic E-state index is 12.8. The second-order valence-electron chi connectivity index (χ2n) is 4.44. The first-order valence-corrected chi connectivity index (χ1v) is 5.73. The molecule has 19 heavy (non-hydrogen) atoms. The van der Waals surface area contributed by atoms with Crippen molar-refractivity contribution < 1.29 is 23.1 Å². The molecule has 4 nitrogen and oxygen atoms in total. The van der Waals surface area contributed by atoms with E-state index >= 15 is 0 Å². The molecule has 0 saturated heterocycles. The van der Waals surface area contributed by atoms with Crippen LogP contribution >= 0.6 is 0 Å². The largest absolute Gasteiger partial charge is 0.493 e. The highest BCUT2D eigenvalue weighted by atomic mass is 19.4. The third-order valence-corrected chi connectivity index (χ3v) is 2.86. The van der Waals surface area contributed by atoms with Crippen molar-refractivity contribution in [2.24, 2.45) is 16.8 Å². The van der Waals surface area contributed by atoms with Crippen LogP contribution in [0.5, 0.6) is 5.75 Å². The Morgan fingerprint density at radius 3 is 2.63 bits per heavy atom. The number of halogens is 3. The normalized spacial score (nSPS) is 16.5. The van der Waals surface area contributed by atoms with Gasteiger partial charge in [-0.15, -0.1) is 0 Å². The van der Waals surface area contributed by atoms with Crippen molar-refractivity contribution >= 4 is 5.84 Å². The summed E-state index contributed by atoms with van der Waals surface area (Å²) in [4.78, 5) is 0. The fraction of sp³-hybridized carbons (Fsp3) is 0.417. The number of hydrogen-bond donors (Lipinski definition) is 2. The summed E-state index contributed by atoms with van der Waals surface area (Å²) >= 11 is 0. The molecule has 0 atom stereocenters. The highest BCUT2D eigenvalue weighted by Gasteiger charge is 2.34. The van der Waals surface area contributed by atoms with Crippen molar-refractivity contribution in [3.05, 3.63) is 29.3 Å². The number of nitrogens with two attached hydrogens (primary N) is 1. The van der Waals surface area contributed by atoms with Crippen LogP contribution in [-0.2, 0) is 6.18 Å². The predicted molar refractivity (Wildman–Crippen MR) is 62.2 cm³/mol. The van der Waals surface area contributed by atoms with Gasteiger partial charge in [-0.2, -0.15) is 13.2 Å². The fourth-order valence-electron chi connectivity index (χ4n) is 1.62. The molecular weight excluding hydrogens is 261 g/mol. The lowest BCUT2D eigenvalue weighted by Gasteiger charge is -2.14. The zero-order valence-corrected chi connectivity index (χ0v) is 9.94. The van der Waals surface area contributed by atoms with Crippen LogP contribution in [0.1, 0.15) is 24.0 Å². The quantitative estimate of drug-likeness (QED) is 0.384. The first-order chi connectivity index (χ1) is 8.91. The van der Waals surface area contributed by atoms with Crippen LogP contribution in [0.4, 0.5) is 13.2 Å². The van der Waals surface area contributed by atoms with Gasteiger partial charge in [0.15, 0.2) is 5.84 Å². The molecule has 7 heteroatoms. The Morgan fingerprint density at radius 1 is 1.42 bits per heavy atom. The van der Waals surface area contributed by atoms with Crippen molar-refractivity contribution in [1.82, 2.24) is 0 Å². The Morgan fingerprint density at radius 2 is 2.11 bits per heavy atom. The van der Waals surface area contributed by atoms with Crippen LogP contribution < -0.4 is 10.5 Å². The second kappa shape index (κ2) is 4.99. The molecule has 1 aromatic carbocycles. The molecule has 0 aliphatic heterocycles. The monoisotopic (exact) mass is 274 g/mol. The zero-order valence-electron chi connectivity index (χ0n) is 9.94. The first-order valence-electron chi connectivity index (χ1n) is 5.73. The topological polar surface area (TPSA) is 67.8 Å². The fourth-order valence-corrected chi connectivity index (χ4v) is 1.62. The Kier molecular flexibility index (Phi) is 3.55. The highest BCUT2D eigenvalue weighted by molar-refractivity contribution is 5.99. The van der Waals surface area contributed by atoms with Gasteiger partial charge in [-0.1, -0.05) is 5.16 Å². The average molecular weight is 274 g/mol. The second-order valence-corrected chi connectivity index (χ2v) is 4.44. The van der Waals surface area contributed by atoms with E-state index < -0.39 is 17.6 Å². The predicted octanol–water partition coefficient (Wildman–Crippen LogP) is 2.59. The standard InChI is InChI=1S/C12H13F3N2O2/c13-12(14,15)10-4-3-8(19-6-7-1-2-7)5-9(10)11(16)17-18/h3-5,7,18H,1-2,6H2,(H2,16,17). The molecule has 0 bridgehead atoms. The third-order valence-electron chi connectivity index (χ3n) is 2.86. The van der Waals surface area contributed by atoms with Crippen molar-refractivity contribution in [3.63, 3.8) is 0 Å². The number of oxime groups is 1. The van der Waals surface area contributed by atoms with Crippen LogP contribution in [0.3, 0.4) is 0 Å². The van der Waals surface area contributed by atoms with E-state index in [1.165, 1.54) is 6.07 Å². The summed E-state index contributed by atoms with van der Waals surface area (Å²) in [6.07, 6.45) is -2.42. The van der Waals surface area contributed by atoms with Crippen LogP contribution in [0.15, 0.2) is 23.4 Å².